The summed E-state index contributed by atoms with van der Waals surface area (Å²) in [5, 5.41) is 2.87. The molecule has 0 saturated heterocycles. The Morgan fingerprint density at radius 1 is 1.07 bits per heavy atom. The van der Waals surface area contributed by atoms with Crippen LogP contribution in [0.1, 0.15) is 48.2 Å². The van der Waals surface area contributed by atoms with Gasteiger partial charge in [-0.05, 0) is 82.0 Å². The fraction of sp³-hybridized carbons (Fsp3) is 0.381. The van der Waals surface area contributed by atoms with Gasteiger partial charge in [0.1, 0.15) is 5.75 Å². The lowest BCUT2D eigenvalue weighted by molar-refractivity contribution is 0.102. The highest BCUT2D eigenvalue weighted by molar-refractivity contribution is 7.89. The highest BCUT2D eigenvalue weighted by Gasteiger charge is 2.28. The molecule has 0 radical (unpaired) electrons. The number of hydrogen-bond acceptors (Lipinski definition) is 4. The van der Waals surface area contributed by atoms with E-state index >= 15 is 0 Å². The number of hydrogen-bond donors (Lipinski definition) is 2. The fourth-order valence-electron chi connectivity index (χ4n) is 2.81. The summed E-state index contributed by atoms with van der Waals surface area (Å²) in [7, 11) is -3.61. The second-order valence-corrected chi connectivity index (χ2v) is 9.18. The fourth-order valence-corrected chi connectivity index (χ4v) is 4.14. The van der Waals surface area contributed by atoms with Crippen LogP contribution >= 0.6 is 0 Å². The standard InChI is InChI=1S/C21H26N2O4S/c1-13(2)27-17-8-10-20(15(4)11-17)22-21(24)19-12-18(9-5-14(19)3)28(25,26)23-16-6-7-16/h5,8-13,16,23H,6-7H2,1-4H3,(H,22,24). The Balaban J connectivity index is 1.81. The average molecular weight is 403 g/mol. The summed E-state index contributed by atoms with van der Waals surface area (Å²) in [4.78, 5) is 12.9. The first-order valence-electron chi connectivity index (χ1n) is 9.37. The number of carbonyl (C=O) groups excluding carboxylic acids is 1. The van der Waals surface area contributed by atoms with E-state index in [1.807, 2.05) is 26.8 Å². The summed E-state index contributed by atoms with van der Waals surface area (Å²) in [5.41, 5.74) is 2.56. The minimum absolute atomic E-state index is 0.0119. The van der Waals surface area contributed by atoms with Gasteiger partial charge in [-0.1, -0.05) is 6.07 Å². The van der Waals surface area contributed by atoms with Crippen LogP contribution in [0, 0.1) is 13.8 Å². The molecule has 1 saturated carbocycles. The number of benzene rings is 2. The molecule has 1 aliphatic rings. The average Bonchev–Trinajstić information content (AvgIpc) is 3.40. The predicted octanol–water partition coefficient (Wildman–Crippen LogP) is 3.78. The molecule has 6 nitrogen and oxygen atoms in total. The summed E-state index contributed by atoms with van der Waals surface area (Å²) >= 11 is 0. The largest absolute Gasteiger partial charge is 0.491 e. The molecule has 2 N–H and O–H groups in total. The Bertz CT molecular complexity index is 995. The number of amides is 1. The van der Waals surface area contributed by atoms with Crippen LogP contribution in [0.2, 0.25) is 0 Å². The lowest BCUT2D eigenvalue weighted by Crippen LogP contribution is -2.26. The van der Waals surface area contributed by atoms with Crippen LogP contribution in [-0.2, 0) is 10.0 Å². The van der Waals surface area contributed by atoms with Crippen molar-refractivity contribution in [3.05, 3.63) is 53.1 Å². The molecule has 1 fully saturated rings. The Morgan fingerprint density at radius 2 is 1.79 bits per heavy atom. The second-order valence-electron chi connectivity index (χ2n) is 7.47. The van der Waals surface area contributed by atoms with Crippen LogP contribution in [0.15, 0.2) is 41.3 Å². The molecular formula is C21H26N2O4S. The third-order valence-corrected chi connectivity index (χ3v) is 6.00. The van der Waals surface area contributed by atoms with Crippen molar-refractivity contribution in [2.75, 3.05) is 5.32 Å². The van der Waals surface area contributed by atoms with Crippen LogP contribution in [0.25, 0.3) is 0 Å². The molecule has 28 heavy (non-hydrogen) atoms. The maximum absolute atomic E-state index is 12.8. The molecule has 0 spiro atoms. The number of anilines is 1. The zero-order chi connectivity index (χ0) is 20.5. The van der Waals surface area contributed by atoms with Crippen molar-refractivity contribution in [2.24, 2.45) is 0 Å². The third kappa shape index (κ3) is 4.91. The van der Waals surface area contributed by atoms with Gasteiger partial charge < -0.3 is 10.1 Å². The molecule has 7 heteroatoms. The second kappa shape index (κ2) is 7.93. The van der Waals surface area contributed by atoms with Crippen molar-refractivity contribution >= 4 is 21.6 Å². The van der Waals surface area contributed by atoms with Gasteiger partial charge in [0.2, 0.25) is 10.0 Å². The van der Waals surface area contributed by atoms with E-state index in [-0.39, 0.29) is 22.9 Å². The highest BCUT2D eigenvalue weighted by Crippen LogP contribution is 2.25. The minimum atomic E-state index is -3.61. The number of rotatable bonds is 7. The molecule has 1 aliphatic carbocycles. The van der Waals surface area contributed by atoms with Gasteiger partial charge in [-0.25, -0.2) is 13.1 Å². The van der Waals surface area contributed by atoms with Gasteiger partial charge in [0.15, 0.2) is 0 Å². The zero-order valence-electron chi connectivity index (χ0n) is 16.6. The van der Waals surface area contributed by atoms with Gasteiger partial charge in [0.25, 0.3) is 5.91 Å². The minimum Gasteiger partial charge on any atom is -0.491 e. The van der Waals surface area contributed by atoms with E-state index < -0.39 is 10.0 Å². The van der Waals surface area contributed by atoms with Crippen molar-refractivity contribution < 1.29 is 17.9 Å². The van der Waals surface area contributed by atoms with Crippen LogP contribution < -0.4 is 14.8 Å². The summed E-state index contributed by atoms with van der Waals surface area (Å²) in [6.07, 6.45) is 1.78. The molecule has 2 aromatic carbocycles. The first-order chi connectivity index (χ1) is 13.2. The van der Waals surface area contributed by atoms with Gasteiger partial charge in [-0.3, -0.25) is 4.79 Å². The Morgan fingerprint density at radius 3 is 2.39 bits per heavy atom. The first kappa shape index (κ1) is 20.4. The Hall–Kier alpha value is -2.38. The van der Waals surface area contributed by atoms with E-state index in [1.165, 1.54) is 12.1 Å². The SMILES string of the molecule is Cc1cc(OC(C)C)ccc1NC(=O)c1cc(S(=O)(=O)NC2CC2)ccc1C. The topological polar surface area (TPSA) is 84.5 Å². The highest BCUT2D eigenvalue weighted by atomic mass is 32.2. The molecule has 0 atom stereocenters. The van der Waals surface area contributed by atoms with Crippen molar-refractivity contribution in [1.29, 1.82) is 0 Å². The van der Waals surface area contributed by atoms with Crippen molar-refractivity contribution in [3.63, 3.8) is 0 Å². The van der Waals surface area contributed by atoms with Gasteiger partial charge >= 0.3 is 0 Å². The molecule has 0 heterocycles. The number of nitrogens with one attached hydrogen (secondary N) is 2. The lowest BCUT2D eigenvalue weighted by Gasteiger charge is -2.14. The molecule has 150 valence electrons. The molecule has 0 unspecified atom stereocenters. The van der Waals surface area contributed by atoms with Crippen LogP contribution in [-0.4, -0.2) is 26.5 Å². The Labute approximate surface area is 166 Å². The van der Waals surface area contributed by atoms with E-state index in [4.69, 9.17) is 4.74 Å². The summed E-state index contributed by atoms with van der Waals surface area (Å²) in [5.74, 6) is 0.391. The molecule has 0 bridgehead atoms. The van der Waals surface area contributed by atoms with Crippen molar-refractivity contribution in [2.45, 2.75) is 57.6 Å². The number of carbonyl (C=O) groups is 1. The summed E-state index contributed by atoms with van der Waals surface area (Å²) in [6, 6.07) is 10.1. The molecule has 1 amide bonds. The normalized spacial score (nSPS) is 14.2. The van der Waals surface area contributed by atoms with Gasteiger partial charge in [-0.15, -0.1) is 0 Å². The van der Waals surface area contributed by atoms with E-state index in [1.54, 1.807) is 25.1 Å². The monoisotopic (exact) mass is 402 g/mol. The van der Waals surface area contributed by atoms with E-state index in [0.29, 0.717) is 16.8 Å². The van der Waals surface area contributed by atoms with Gasteiger partial charge in [-0.2, -0.15) is 0 Å². The molecular weight excluding hydrogens is 376 g/mol. The first-order valence-corrected chi connectivity index (χ1v) is 10.9. The predicted molar refractivity (Wildman–Crippen MR) is 109 cm³/mol. The van der Waals surface area contributed by atoms with Crippen molar-refractivity contribution in [3.8, 4) is 5.75 Å². The summed E-state index contributed by atoms with van der Waals surface area (Å²) in [6.45, 7) is 7.57. The van der Waals surface area contributed by atoms with Gasteiger partial charge in [0, 0.05) is 17.3 Å². The van der Waals surface area contributed by atoms with Crippen LogP contribution in [0.4, 0.5) is 5.69 Å². The molecule has 0 aliphatic heterocycles. The lowest BCUT2D eigenvalue weighted by atomic mass is 10.1. The van der Waals surface area contributed by atoms with E-state index in [9.17, 15) is 13.2 Å². The number of aryl methyl sites for hydroxylation is 2. The quantitative estimate of drug-likeness (QED) is 0.738. The van der Waals surface area contributed by atoms with Gasteiger partial charge in [0.05, 0.1) is 11.0 Å². The summed E-state index contributed by atoms with van der Waals surface area (Å²) < 4.78 is 33.2. The number of ether oxygens (including phenoxy) is 1. The third-order valence-electron chi connectivity index (χ3n) is 4.48. The maximum Gasteiger partial charge on any atom is 0.255 e. The van der Waals surface area contributed by atoms with Crippen LogP contribution in [0.3, 0.4) is 0 Å². The molecule has 3 rings (SSSR count). The maximum atomic E-state index is 12.8. The van der Waals surface area contributed by atoms with E-state index in [2.05, 4.69) is 10.0 Å². The van der Waals surface area contributed by atoms with E-state index in [0.717, 1.165) is 24.2 Å². The number of sulfonamides is 1. The van der Waals surface area contributed by atoms with Crippen molar-refractivity contribution in [1.82, 2.24) is 4.72 Å². The Kier molecular flexibility index (Phi) is 5.76. The zero-order valence-corrected chi connectivity index (χ0v) is 17.4. The molecule has 0 aromatic heterocycles. The molecule has 2 aromatic rings. The van der Waals surface area contributed by atoms with Crippen LogP contribution in [0.5, 0.6) is 5.75 Å². The smallest absolute Gasteiger partial charge is 0.255 e.